The Morgan fingerprint density at radius 3 is 2.36 bits per heavy atom. The van der Waals surface area contributed by atoms with Gasteiger partial charge in [0.15, 0.2) is 5.65 Å². The van der Waals surface area contributed by atoms with E-state index in [0.717, 1.165) is 11.3 Å². The SMILES string of the molecule is Cc1c(C)n2nnc(C(C)C)c2n1C. The lowest BCUT2D eigenvalue weighted by Crippen LogP contribution is -1.96. The van der Waals surface area contributed by atoms with Gasteiger partial charge < -0.3 is 4.57 Å². The van der Waals surface area contributed by atoms with E-state index < -0.39 is 0 Å². The molecule has 0 saturated heterocycles. The average molecular weight is 192 g/mol. The van der Waals surface area contributed by atoms with Gasteiger partial charge in [-0.15, -0.1) is 5.10 Å². The van der Waals surface area contributed by atoms with E-state index in [-0.39, 0.29) is 0 Å². The van der Waals surface area contributed by atoms with Crippen LogP contribution in [-0.4, -0.2) is 19.4 Å². The van der Waals surface area contributed by atoms with E-state index in [9.17, 15) is 0 Å². The Labute approximate surface area is 83.5 Å². The molecule has 2 rings (SSSR count). The lowest BCUT2D eigenvalue weighted by Gasteiger charge is -2.01. The maximum Gasteiger partial charge on any atom is 0.160 e. The number of hydrogen-bond donors (Lipinski definition) is 0. The quantitative estimate of drug-likeness (QED) is 0.690. The van der Waals surface area contributed by atoms with Crippen molar-refractivity contribution in [3.05, 3.63) is 17.1 Å². The number of imidazole rings is 1. The Balaban J connectivity index is 2.85. The van der Waals surface area contributed by atoms with Gasteiger partial charge in [-0.2, -0.15) is 4.52 Å². The fraction of sp³-hybridized carbons (Fsp3) is 0.600. The number of aryl methyl sites for hydroxylation is 2. The minimum absolute atomic E-state index is 0.417. The largest absolute Gasteiger partial charge is 0.330 e. The highest BCUT2D eigenvalue weighted by Gasteiger charge is 2.17. The van der Waals surface area contributed by atoms with Crippen LogP contribution in [0.15, 0.2) is 0 Å². The predicted octanol–water partition coefficient (Wildman–Crippen LogP) is 1.81. The van der Waals surface area contributed by atoms with Gasteiger partial charge in [-0.05, 0) is 13.8 Å². The van der Waals surface area contributed by atoms with Crippen molar-refractivity contribution in [2.75, 3.05) is 0 Å². The van der Waals surface area contributed by atoms with E-state index >= 15 is 0 Å². The Morgan fingerprint density at radius 1 is 1.14 bits per heavy atom. The Kier molecular flexibility index (Phi) is 1.87. The number of nitrogens with zero attached hydrogens (tertiary/aromatic N) is 4. The molecule has 0 bridgehead atoms. The molecule has 14 heavy (non-hydrogen) atoms. The summed E-state index contributed by atoms with van der Waals surface area (Å²) in [6.45, 7) is 8.46. The molecule has 0 amide bonds. The normalized spacial score (nSPS) is 11.9. The first-order chi connectivity index (χ1) is 6.54. The van der Waals surface area contributed by atoms with Crippen molar-refractivity contribution in [2.24, 2.45) is 7.05 Å². The van der Waals surface area contributed by atoms with Crippen molar-refractivity contribution in [3.8, 4) is 0 Å². The number of hydrogen-bond acceptors (Lipinski definition) is 2. The molecule has 4 nitrogen and oxygen atoms in total. The van der Waals surface area contributed by atoms with Gasteiger partial charge in [0.2, 0.25) is 0 Å². The van der Waals surface area contributed by atoms with Gasteiger partial charge in [-0.25, -0.2) is 0 Å². The monoisotopic (exact) mass is 192 g/mol. The van der Waals surface area contributed by atoms with Gasteiger partial charge in [0.05, 0.1) is 5.69 Å². The van der Waals surface area contributed by atoms with E-state index in [1.165, 1.54) is 11.4 Å². The van der Waals surface area contributed by atoms with Gasteiger partial charge in [0.25, 0.3) is 0 Å². The first-order valence-corrected chi connectivity index (χ1v) is 4.91. The smallest absolute Gasteiger partial charge is 0.160 e. The third-order valence-corrected chi connectivity index (χ3v) is 2.88. The molecule has 0 fully saturated rings. The highest BCUT2D eigenvalue weighted by atomic mass is 15.4. The fourth-order valence-corrected chi connectivity index (χ4v) is 1.76. The predicted molar refractivity (Wildman–Crippen MR) is 55.5 cm³/mol. The lowest BCUT2D eigenvalue weighted by molar-refractivity contribution is 0.776. The van der Waals surface area contributed by atoms with E-state index in [4.69, 9.17) is 0 Å². The van der Waals surface area contributed by atoms with E-state index in [2.05, 4.69) is 49.6 Å². The van der Waals surface area contributed by atoms with Gasteiger partial charge in [0.1, 0.15) is 5.69 Å². The summed E-state index contributed by atoms with van der Waals surface area (Å²) in [5, 5.41) is 8.38. The maximum absolute atomic E-state index is 4.21. The van der Waals surface area contributed by atoms with Gasteiger partial charge in [-0.1, -0.05) is 19.1 Å². The van der Waals surface area contributed by atoms with Crippen molar-refractivity contribution in [1.82, 2.24) is 19.4 Å². The second kappa shape index (κ2) is 2.83. The van der Waals surface area contributed by atoms with E-state index in [0.29, 0.717) is 5.92 Å². The molecule has 0 aliphatic carbocycles. The summed E-state index contributed by atoms with van der Waals surface area (Å²) in [6.07, 6.45) is 0. The molecule has 0 spiro atoms. The number of fused-ring (bicyclic) bond motifs is 1. The average Bonchev–Trinajstić information content (AvgIpc) is 2.64. The van der Waals surface area contributed by atoms with Crippen LogP contribution in [0.3, 0.4) is 0 Å². The summed E-state index contributed by atoms with van der Waals surface area (Å²) in [6, 6.07) is 0. The third kappa shape index (κ3) is 0.997. The van der Waals surface area contributed by atoms with Crippen LogP contribution in [0, 0.1) is 13.8 Å². The van der Waals surface area contributed by atoms with Gasteiger partial charge in [0, 0.05) is 18.7 Å². The van der Waals surface area contributed by atoms with Crippen molar-refractivity contribution in [1.29, 1.82) is 0 Å². The molecular weight excluding hydrogens is 176 g/mol. The topological polar surface area (TPSA) is 35.1 Å². The van der Waals surface area contributed by atoms with Crippen LogP contribution >= 0.6 is 0 Å². The zero-order chi connectivity index (χ0) is 10.5. The van der Waals surface area contributed by atoms with Crippen molar-refractivity contribution in [3.63, 3.8) is 0 Å². The zero-order valence-electron chi connectivity index (χ0n) is 9.37. The Bertz CT molecular complexity index is 476. The lowest BCUT2D eigenvalue weighted by atomic mass is 10.1. The second-order valence-electron chi connectivity index (χ2n) is 4.09. The Morgan fingerprint density at radius 2 is 1.79 bits per heavy atom. The van der Waals surface area contributed by atoms with Crippen molar-refractivity contribution >= 4 is 5.65 Å². The highest BCUT2D eigenvalue weighted by Crippen LogP contribution is 2.21. The van der Waals surface area contributed by atoms with Crippen molar-refractivity contribution in [2.45, 2.75) is 33.6 Å². The molecular formula is C10H16N4. The molecule has 76 valence electrons. The molecule has 0 N–H and O–H groups in total. The number of rotatable bonds is 1. The van der Waals surface area contributed by atoms with E-state index in [1.807, 2.05) is 4.52 Å². The van der Waals surface area contributed by atoms with E-state index in [1.54, 1.807) is 0 Å². The highest BCUT2D eigenvalue weighted by molar-refractivity contribution is 5.49. The first-order valence-electron chi connectivity index (χ1n) is 4.91. The van der Waals surface area contributed by atoms with Gasteiger partial charge in [-0.3, -0.25) is 0 Å². The third-order valence-electron chi connectivity index (χ3n) is 2.88. The first kappa shape index (κ1) is 9.24. The summed E-state index contributed by atoms with van der Waals surface area (Å²) in [4.78, 5) is 0. The summed E-state index contributed by atoms with van der Waals surface area (Å²) in [7, 11) is 2.06. The second-order valence-corrected chi connectivity index (χ2v) is 4.09. The Hall–Kier alpha value is -1.32. The van der Waals surface area contributed by atoms with Crippen molar-refractivity contribution < 1.29 is 0 Å². The minimum Gasteiger partial charge on any atom is -0.330 e. The molecule has 2 heterocycles. The molecule has 0 saturated carbocycles. The van der Waals surface area contributed by atoms with Crippen LogP contribution in [0.25, 0.3) is 5.65 Å². The number of aromatic nitrogens is 4. The standard InChI is InChI=1S/C10H16N4/c1-6(2)9-10-13(5)7(3)8(4)14(10)12-11-9/h6H,1-5H3. The van der Waals surface area contributed by atoms with Crippen LogP contribution in [0.1, 0.15) is 36.8 Å². The van der Waals surface area contributed by atoms with Crippen LogP contribution in [0.4, 0.5) is 0 Å². The molecule has 2 aromatic rings. The molecule has 4 heteroatoms. The fourth-order valence-electron chi connectivity index (χ4n) is 1.76. The molecule has 2 aromatic heterocycles. The van der Waals surface area contributed by atoms with Crippen LogP contribution in [0.5, 0.6) is 0 Å². The minimum atomic E-state index is 0.417. The molecule has 0 atom stereocenters. The summed E-state index contributed by atoms with van der Waals surface area (Å²) < 4.78 is 4.08. The van der Waals surface area contributed by atoms with Crippen LogP contribution in [-0.2, 0) is 7.05 Å². The molecule has 0 aromatic carbocycles. The molecule has 0 unspecified atom stereocenters. The molecule has 0 radical (unpaired) electrons. The molecule has 0 aliphatic heterocycles. The zero-order valence-corrected chi connectivity index (χ0v) is 9.37. The summed E-state index contributed by atoms with van der Waals surface area (Å²) in [5.41, 5.74) is 4.61. The van der Waals surface area contributed by atoms with Gasteiger partial charge >= 0.3 is 0 Å². The molecule has 0 aliphatic rings. The van der Waals surface area contributed by atoms with Crippen LogP contribution < -0.4 is 0 Å². The van der Waals surface area contributed by atoms with Crippen LogP contribution in [0.2, 0.25) is 0 Å². The summed E-state index contributed by atoms with van der Waals surface area (Å²) in [5.74, 6) is 0.417. The summed E-state index contributed by atoms with van der Waals surface area (Å²) >= 11 is 0. The maximum atomic E-state index is 4.21.